The standard InChI is InChI=1S/C13H18N2O4/c1-19-12-4-3-11(15(17)18)7-10(12)8-14-13(9-16)5-2-6-13/h3-4,7,14,16H,2,5-6,8-9H2,1H3. The average Bonchev–Trinajstić information content (AvgIpc) is 2.37. The molecule has 1 fully saturated rings. The zero-order valence-electron chi connectivity index (χ0n) is 10.9. The van der Waals surface area contributed by atoms with Crippen LogP contribution in [0.15, 0.2) is 18.2 Å². The van der Waals surface area contributed by atoms with Crippen LogP contribution in [0.1, 0.15) is 24.8 Å². The van der Waals surface area contributed by atoms with Crippen LogP contribution in [0.2, 0.25) is 0 Å². The predicted molar refractivity (Wildman–Crippen MR) is 70.2 cm³/mol. The summed E-state index contributed by atoms with van der Waals surface area (Å²) in [5.41, 5.74) is 0.552. The fourth-order valence-corrected chi connectivity index (χ4v) is 2.29. The summed E-state index contributed by atoms with van der Waals surface area (Å²) in [6, 6.07) is 4.53. The number of aliphatic hydroxyl groups is 1. The van der Waals surface area contributed by atoms with Gasteiger partial charge in [0.25, 0.3) is 5.69 Å². The van der Waals surface area contributed by atoms with Crippen LogP contribution >= 0.6 is 0 Å². The molecular weight excluding hydrogens is 248 g/mol. The number of nitrogens with one attached hydrogen (secondary N) is 1. The number of nitro benzene ring substituents is 1. The lowest BCUT2D eigenvalue weighted by Gasteiger charge is -2.41. The maximum Gasteiger partial charge on any atom is 0.270 e. The number of non-ortho nitro benzene ring substituents is 1. The molecule has 2 rings (SSSR count). The van der Waals surface area contributed by atoms with E-state index in [0.29, 0.717) is 12.3 Å². The van der Waals surface area contributed by atoms with E-state index in [1.165, 1.54) is 19.2 Å². The molecule has 1 saturated carbocycles. The Morgan fingerprint density at radius 3 is 2.74 bits per heavy atom. The topological polar surface area (TPSA) is 84.6 Å². The molecule has 1 aliphatic carbocycles. The lowest BCUT2D eigenvalue weighted by Crippen LogP contribution is -2.53. The van der Waals surface area contributed by atoms with Crippen LogP contribution < -0.4 is 10.1 Å². The van der Waals surface area contributed by atoms with Crippen molar-refractivity contribution in [2.75, 3.05) is 13.7 Å². The van der Waals surface area contributed by atoms with Gasteiger partial charge in [-0.25, -0.2) is 0 Å². The Morgan fingerprint density at radius 1 is 1.53 bits per heavy atom. The minimum absolute atomic E-state index is 0.0456. The van der Waals surface area contributed by atoms with Crippen molar-refractivity contribution in [1.29, 1.82) is 0 Å². The summed E-state index contributed by atoms with van der Waals surface area (Å²) in [4.78, 5) is 10.4. The molecule has 0 saturated heterocycles. The maximum atomic E-state index is 10.8. The first-order chi connectivity index (χ1) is 9.10. The van der Waals surface area contributed by atoms with Crippen LogP contribution in [0.25, 0.3) is 0 Å². The van der Waals surface area contributed by atoms with Crippen molar-refractivity contribution in [3.8, 4) is 5.75 Å². The molecule has 6 heteroatoms. The van der Waals surface area contributed by atoms with Crippen molar-refractivity contribution >= 4 is 5.69 Å². The first-order valence-electron chi connectivity index (χ1n) is 6.27. The molecule has 1 aromatic rings. The molecule has 0 unspecified atom stereocenters. The third kappa shape index (κ3) is 2.85. The third-order valence-corrected chi connectivity index (χ3v) is 3.74. The van der Waals surface area contributed by atoms with E-state index in [-0.39, 0.29) is 17.8 Å². The molecule has 1 aromatic carbocycles. The van der Waals surface area contributed by atoms with E-state index in [9.17, 15) is 15.2 Å². The number of ether oxygens (including phenoxy) is 1. The fourth-order valence-electron chi connectivity index (χ4n) is 2.29. The zero-order valence-corrected chi connectivity index (χ0v) is 10.9. The molecule has 0 radical (unpaired) electrons. The van der Waals surface area contributed by atoms with E-state index < -0.39 is 4.92 Å². The molecule has 0 aliphatic heterocycles. The number of rotatable bonds is 6. The van der Waals surface area contributed by atoms with E-state index in [0.717, 1.165) is 24.8 Å². The maximum absolute atomic E-state index is 10.8. The van der Waals surface area contributed by atoms with Crippen LogP contribution in [0, 0.1) is 10.1 Å². The van der Waals surface area contributed by atoms with E-state index in [2.05, 4.69) is 5.32 Å². The molecule has 1 aliphatic rings. The number of nitrogens with zero attached hydrogens (tertiary/aromatic N) is 1. The third-order valence-electron chi connectivity index (χ3n) is 3.74. The number of benzene rings is 1. The van der Waals surface area contributed by atoms with Crippen LogP contribution in [0.5, 0.6) is 5.75 Å². The van der Waals surface area contributed by atoms with Crippen molar-refractivity contribution in [3.63, 3.8) is 0 Å². The largest absolute Gasteiger partial charge is 0.496 e. The highest BCUT2D eigenvalue weighted by molar-refractivity contribution is 5.43. The van der Waals surface area contributed by atoms with Gasteiger partial charge in [-0.3, -0.25) is 10.1 Å². The molecule has 104 valence electrons. The Bertz CT molecular complexity index is 466. The zero-order chi connectivity index (χ0) is 13.9. The SMILES string of the molecule is COc1ccc([N+](=O)[O-])cc1CNC1(CO)CCC1. The van der Waals surface area contributed by atoms with Gasteiger partial charge in [-0.05, 0) is 25.3 Å². The molecule has 0 heterocycles. The summed E-state index contributed by atoms with van der Waals surface area (Å²) in [6.07, 6.45) is 2.96. The Hall–Kier alpha value is -1.66. The number of aliphatic hydroxyl groups excluding tert-OH is 1. The van der Waals surface area contributed by atoms with Gasteiger partial charge in [-0.1, -0.05) is 0 Å². The lowest BCUT2D eigenvalue weighted by atomic mass is 9.77. The lowest BCUT2D eigenvalue weighted by molar-refractivity contribution is -0.384. The Labute approximate surface area is 111 Å². The first-order valence-corrected chi connectivity index (χ1v) is 6.27. The van der Waals surface area contributed by atoms with Crippen LogP contribution in [-0.4, -0.2) is 29.3 Å². The quantitative estimate of drug-likeness (QED) is 0.603. The smallest absolute Gasteiger partial charge is 0.270 e. The Kier molecular flexibility index (Phi) is 4.01. The van der Waals surface area contributed by atoms with E-state index in [4.69, 9.17) is 4.74 Å². The van der Waals surface area contributed by atoms with Crippen molar-refractivity contribution in [1.82, 2.24) is 5.32 Å². The molecule has 0 spiro atoms. The highest BCUT2D eigenvalue weighted by Gasteiger charge is 2.35. The van der Waals surface area contributed by atoms with Gasteiger partial charge in [-0.2, -0.15) is 0 Å². The highest BCUT2D eigenvalue weighted by Crippen LogP contribution is 2.32. The molecule has 0 aromatic heterocycles. The normalized spacial score (nSPS) is 16.7. The van der Waals surface area contributed by atoms with Crippen molar-refractivity contribution in [3.05, 3.63) is 33.9 Å². The van der Waals surface area contributed by atoms with Crippen molar-refractivity contribution < 1.29 is 14.8 Å². The second kappa shape index (κ2) is 5.54. The summed E-state index contributed by atoms with van der Waals surface area (Å²) in [6.45, 7) is 0.537. The molecule has 6 nitrogen and oxygen atoms in total. The fraction of sp³-hybridized carbons (Fsp3) is 0.538. The van der Waals surface area contributed by atoms with Gasteiger partial charge in [0.1, 0.15) is 5.75 Å². The molecule has 2 N–H and O–H groups in total. The second-order valence-corrected chi connectivity index (χ2v) is 4.90. The minimum atomic E-state index is -0.423. The van der Waals surface area contributed by atoms with Crippen molar-refractivity contribution in [2.24, 2.45) is 0 Å². The van der Waals surface area contributed by atoms with E-state index >= 15 is 0 Å². The van der Waals surface area contributed by atoms with Gasteiger partial charge in [0, 0.05) is 29.8 Å². The summed E-state index contributed by atoms with van der Waals surface area (Å²) in [5, 5.41) is 23.5. The Morgan fingerprint density at radius 2 is 2.26 bits per heavy atom. The minimum Gasteiger partial charge on any atom is -0.496 e. The summed E-state index contributed by atoms with van der Waals surface area (Å²) >= 11 is 0. The van der Waals surface area contributed by atoms with Gasteiger partial charge in [0.05, 0.1) is 18.6 Å². The monoisotopic (exact) mass is 266 g/mol. The number of methoxy groups -OCH3 is 1. The summed E-state index contributed by atoms with van der Waals surface area (Å²) in [7, 11) is 1.54. The molecule has 0 atom stereocenters. The highest BCUT2D eigenvalue weighted by atomic mass is 16.6. The molecular formula is C13H18N2O4. The average molecular weight is 266 g/mol. The van der Waals surface area contributed by atoms with Gasteiger partial charge in [0.15, 0.2) is 0 Å². The van der Waals surface area contributed by atoms with Gasteiger partial charge in [0.2, 0.25) is 0 Å². The van der Waals surface area contributed by atoms with Crippen LogP contribution in [0.4, 0.5) is 5.69 Å². The van der Waals surface area contributed by atoms with Gasteiger partial charge in [-0.15, -0.1) is 0 Å². The van der Waals surface area contributed by atoms with E-state index in [1.807, 2.05) is 0 Å². The molecule has 19 heavy (non-hydrogen) atoms. The van der Waals surface area contributed by atoms with E-state index in [1.54, 1.807) is 6.07 Å². The predicted octanol–water partition coefficient (Wildman–Crippen LogP) is 1.61. The second-order valence-electron chi connectivity index (χ2n) is 4.90. The Balaban J connectivity index is 2.13. The van der Waals surface area contributed by atoms with Crippen LogP contribution in [0.3, 0.4) is 0 Å². The molecule has 0 amide bonds. The summed E-state index contributed by atoms with van der Waals surface area (Å²) < 4.78 is 5.21. The van der Waals surface area contributed by atoms with Gasteiger partial charge >= 0.3 is 0 Å². The molecule has 0 bridgehead atoms. The van der Waals surface area contributed by atoms with Crippen LogP contribution in [-0.2, 0) is 6.54 Å². The summed E-state index contributed by atoms with van der Waals surface area (Å²) in [5.74, 6) is 0.616. The van der Waals surface area contributed by atoms with Gasteiger partial charge < -0.3 is 15.2 Å². The first kappa shape index (κ1) is 13.8. The number of nitro groups is 1. The van der Waals surface area contributed by atoms with Crippen molar-refractivity contribution in [2.45, 2.75) is 31.3 Å². The number of hydrogen-bond acceptors (Lipinski definition) is 5. The number of hydrogen-bond donors (Lipinski definition) is 2.